The molecule has 0 saturated heterocycles. The molecule has 5 heteroatoms. The van der Waals surface area contributed by atoms with Gasteiger partial charge in [0.2, 0.25) is 5.28 Å². The van der Waals surface area contributed by atoms with Crippen molar-refractivity contribution in [2.75, 3.05) is 0 Å². The van der Waals surface area contributed by atoms with Crippen LogP contribution in [-0.2, 0) is 6.54 Å². The minimum Gasteiger partial charge on any atom is -0.355 e. The van der Waals surface area contributed by atoms with Crippen molar-refractivity contribution >= 4 is 22.6 Å². The molecule has 0 aromatic carbocycles. The van der Waals surface area contributed by atoms with E-state index in [0.29, 0.717) is 24.0 Å². The van der Waals surface area contributed by atoms with Gasteiger partial charge in [-0.05, 0) is 24.1 Å². The monoisotopic (exact) mass is 223 g/mol. The SMILES string of the molecule is C=CCCn1c(Cl)nc2cc[nH]c2c1=O. The lowest BCUT2D eigenvalue weighted by Gasteiger charge is -2.05. The van der Waals surface area contributed by atoms with E-state index in [9.17, 15) is 4.79 Å². The van der Waals surface area contributed by atoms with Crippen LogP contribution in [0.4, 0.5) is 0 Å². The van der Waals surface area contributed by atoms with Crippen LogP contribution in [-0.4, -0.2) is 14.5 Å². The molecule has 2 aromatic heterocycles. The van der Waals surface area contributed by atoms with Crippen molar-refractivity contribution in [1.82, 2.24) is 14.5 Å². The third-order valence-electron chi connectivity index (χ3n) is 2.18. The number of hydrogen-bond donors (Lipinski definition) is 1. The van der Waals surface area contributed by atoms with Crippen LogP contribution >= 0.6 is 11.6 Å². The number of rotatable bonds is 3. The summed E-state index contributed by atoms with van der Waals surface area (Å²) in [5.74, 6) is 0. The molecule has 0 amide bonds. The molecule has 0 atom stereocenters. The van der Waals surface area contributed by atoms with Crippen molar-refractivity contribution in [2.45, 2.75) is 13.0 Å². The van der Waals surface area contributed by atoms with E-state index in [4.69, 9.17) is 11.6 Å². The molecule has 2 rings (SSSR count). The average molecular weight is 224 g/mol. The van der Waals surface area contributed by atoms with Gasteiger partial charge in [-0.25, -0.2) is 4.98 Å². The zero-order chi connectivity index (χ0) is 10.8. The molecule has 15 heavy (non-hydrogen) atoms. The standard InChI is InChI=1S/C10H10ClN3O/c1-2-3-6-14-9(15)8-7(4-5-12-8)13-10(14)11/h2,4-5,12H,1,3,6H2. The summed E-state index contributed by atoms with van der Waals surface area (Å²) >= 11 is 5.90. The molecular formula is C10H10ClN3O. The summed E-state index contributed by atoms with van der Waals surface area (Å²) in [7, 11) is 0. The number of H-pyrrole nitrogens is 1. The number of aromatic nitrogens is 3. The summed E-state index contributed by atoms with van der Waals surface area (Å²) in [5, 5.41) is 0.217. The quantitative estimate of drug-likeness (QED) is 0.639. The Morgan fingerprint density at radius 1 is 1.67 bits per heavy atom. The minimum absolute atomic E-state index is 0.142. The molecule has 0 spiro atoms. The van der Waals surface area contributed by atoms with Gasteiger partial charge in [-0.15, -0.1) is 6.58 Å². The molecule has 0 saturated carbocycles. The van der Waals surface area contributed by atoms with E-state index in [2.05, 4.69) is 16.5 Å². The van der Waals surface area contributed by atoms with Crippen LogP contribution in [0.1, 0.15) is 6.42 Å². The number of aromatic amines is 1. The Labute approximate surface area is 91.2 Å². The molecule has 2 heterocycles. The second-order valence-electron chi connectivity index (χ2n) is 3.15. The topological polar surface area (TPSA) is 50.7 Å². The summed E-state index contributed by atoms with van der Waals surface area (Å²) in [6.07, 6.45) is 4.10. The summed E-state index contributed by atoms with van der Waals surface area (Å²) in [6.45, 7) is 4.10. The highest BCUT2D eigenvalue weighted by atomic mass is 35.5. The fourth-order valence-corrected chi connectivity index (χ4v) is 1.67. The van der Waals surface area contributed by atoms with Crippen LogP contribution in [0.25, 0.3) is 11.0 Å². The van der Waals surface area contributed by atoms with Crippen LogP contribution in [0.5, 0.6) is 0 Å². The average Bonchev–Trinajstić information content (AvgIpc) is 2.65. The largest absolute Gasteiger partial charge is 0.355 e. The van der Waals surface area contributed by atoms with Gasteiger partial charge in [0.1, 0.15) is 5.52 Å². The molecule has 78 valence electrons. The van der Waals surface area contributed by atoms with Crippen molar-refractivity contribution in [3.8, 4) is 0 Å². The van der Waals surface area contributed by atoms with Crippen molar-refractivity contribution < 1.29 is 0 Å². The van der Waals surface area contributed by atoms with Crippen molar-refractivity contribution in [3.05, 3.63) is 40.6 Å². The first kappa shape index (κ1) is 9.98. The maximum Gasteiger partial charge on any atom is 0.278 e. The van der Waals surface area contributed by atoms with Crippen LogP contribution < -0.4 is 5.56 Å². The fourth-order valence-electron chi connectivity index (χ4n) is 1.42. The number of fused-ring (bicyclic) bond motifs is 1. The first-order valence-corrected chi connectivity index (χ1v) is 4.96. The van der Waals surface area contributed by atoms with E-state index >= 15 is 0 Å². The maximum absolute atomic E-state index is 11.9. The van der Waals surface area contributed by atoms with Crippen molar-refractivity contribution in [3.63, 3.8) is 0 Å². The van der Waals surface area contributed by atoms with Crippen LogP contribution in [0.2, 0.25) is 5.28 Å². The predicted octanol–water partition coefficient (Wildman–Crippen LogP) is 1.95. The second-order valence-corrected chi connectivity index (χ2v) is 3.49. The summed E-state index contributed by atoms with van der Waals surface area (Å²) < 4.78 is 1.43. The summed E-state index contributed by atoms with van der Waals surface area (Å²) in [6, 6.07) is 1.72. The zero-order valence-electron chi connectivity index (χ0n) is 8.03. The van der Waals surface area contributed by atoms with Gasteiger partial charge >= 0.3 is 0 Å². The third kappa shape index (κ3) is 1.68. The number of hydrogen-bond acceptors (Lipinski definition) is 2. The van der Waals surface area contributed by atoms with Gasteiger partial charge in [0, 0.05) is 12.7 Å². The lowest BCUT2D eigenvalue weighted by molar-refractivity contribution is 0.674. The van der Waals surface area contributed by atoms with E-state index in [1.165, 1.54) is 4.57 Å². The lowest BCUT2D eigenvalue weighted by atomic mass is 10.4. The molecule has 0 unspecified atom stereocenters. The first-order chi connectivity index (χ1) is 7.24. The lowest BCUT2D eigenvalue weighted by Crippen LogP contribution is -2.22. The molecule has 2 aromatic rings. The Balaban J connectivity index is 2.62. The first-order valence-electron chi connectivity index (χ1n) is 4.58. The third-order valence-corrected chi connectivity index (χ3v) is 2.46. The van der Waals surface area contributed by atoms with Gasteiger partial charge in [-0.3, -0.25) is 9.36 Å². The Morgan fingerprint density at radius 3 is 3.20 bits per heavy atom. The van der Waals surface area contributed by atoms with Crippen LogP contribution in [0.3, 0.4) is 0 Å². The summed E-state index contributed by atoms with van der Waals surface area (Å²) in [5.41, 5.74) is 0.945. The van der Waals surface area contributed by atoms with Crippen molar-refractivity contribution in [2.24, 2.45) is 0 Å². The van der Waals surface area contributed by atoms with E-state index in [0.717, 1.165) is 0 Å². The number of nitrogens with one attached hydrogen (secondary N) is 1. The number of nitrogens with zero attached hydrogens (tertiary/aromatic N) is 2. The molecule has 4 nitrogen and oxygen atoms in total. The molecule has 0 aliphatic heterocycles. The van der Waals surface area contributed by atoms with Gasteiger partial charge in [0.25, 0.3) is 5.56 Å². The molecular weight excluding hydrogens is 214 g/mol. The Hall–Kier alpha value is -1.55. The number of allylic oxidation sites excluding steroid dienone is 1. The molecule has 0 radical (unpaired) electrons. The maximum atomic E-state index is 11.9. The Morgan fingerprint density at radius 2 is 2.47 bits per heavy atom. The van der Waals surface area contributed by atoms with Crippen LogP contribution in [0.15, 0.2) is 29.7 Å². The normalized spacial score (nSPS) is 10.7. The molecule has 0 fully saturated rings. The molecule has 1 N–H and O–H groups in total. The Bertz CT molecular complexity index is 555. The van der Waals surface area contributed by atoms with Crippen molar-refractivity contribution in [1.29, 1.82) is 0 Å². The highest BCUT2D eigenvalue weighted by molar-refractivity contribution is 6.28. The van der Waals surface area contributed by atoms with E-state index in [1.54, 1.807) is 18.3 Å². The second kappa shape index (κ2) is 3.90. The van der Waals surface area contributed by atoms with Gasteiger partial charge in [-0.2, -0.15) is 0 Å². The fraction of sp³-hybridized carbons (Fsp3) is 0.200. The highest BCUT2D eigenvalue weighted by Crippen LogP contribution is 2.10. The molecule has 0 aliphatic rings. The van der Waals surface area contributed by atoms with E-state index in [-0.39, 0.29) is 10.8 Å². The molecule has 0 bridgehead atoms. The Kier molecular flexibility index (Phi) is 2.60. The van der Waals surface area contributed by atoms with Gasteiger partial charge in [0.15, 0.2) is 0 Å². The zero-order valence-corrected chi connectivity index (χ0v) is 8.79. The predicted molar refractivity (Wildman–Crippen MR) is 60.2 cm³/mol. The summed E-state index contributed by atoms with van der Waals surface area (Å²) in [4.78, 5) is 18.9. The van der Waals surface area contributed by atoms with E-state index < -0.39 is 0 Å². The smallest absolute Gasteiger partial charge is 0.278 e. The molecule has 0 aliphatic carbocycles. The van der Waals surface area contributed by atoms with Gasteiger partial charge in [-0.1, -0.05) is 6.08 Å². The number of halogens is 1. The van der Waals surface area contributed by atoms with Gasteiger partial charge < -0.3 is 4.98 Å². The van der Waals surface area contributed by atoms with E-state index in [1.807, 2.05) is 0 Å². The highest BCUT2D eigenvalue weighted by Gasteiger charge is 2.08. The van der Waals surface area contributed by atoms with Gasteiger partial charge in [0.05, 0.1) is 5.52 Å². The van der Waals surface area contributed by atoms with Crippen LogP contribution in [0, 0.1) is 0 Å². The minimum atomic E-state index is -0.142.